The molecule has 3 aromatic rings. The molecule has 7 heteroatoms. The van der Waals surface area contributed by atoms with Crippen LogP contribution in [0.2, 0.25) is 0 Å². The summed E-state index contributed by atoms with van der Waals surface area (Å²) in [5.41, 5.74) is 1.52. The van der Waals surface area contributed by atoms with Gasteiger partial charge in [-0.05, 0) is 30.3 Å². The highest BCUT2D eigenvalue weighted by Gasteiger charge is 2.11. The average molecular weight is 365 g/mol. The van der Waals surface area contributed by atoms with Crippen molar-refractivity contribution >= 4 is 11.6 Å². The first-order chi connectivity index (χ1) is 13.1. The van der Waals surface area contributed by atoms with Crippen LogP contribution in [0.25, 0.3) is 11.3 Å². The molecule has 0 bridgehead atoms. The molecule has 7 nitrogen and oxygen atoms in total. The largest absolute Gasteiger partial charge is 0.497 e. The molecule has 0 radical (unpaired) electrons. The first-order valence-corrected chi connectivity index (χ1v) is 8.26. The van der Waals surface area contributed by atoms with Crippen molar-refractivity contribution in [3.05, 3.63) is 71.0 Å². The molecule has 1 amide bonds. The fraction of sp³-hybridized carbons (Fsp3) is 0.150. The fourth-order valence-corrected chi connectivity index (χ4v) is 2.57. The number of methoxy groups -OCH3 is 2. The number of aromatic nitrogens is 2. The Morgan fingerprint density at radius 3 is 2.63 bits per heavy atom. The molecule has 1 N–H and O–H groups in total. The number of nitrogens with one attached hydrogen (secondary N) is 1. The van der Waals surface area contributed by atoms with E-state index in [-0.39, 0.29) is 18.0 Å². The van der Waals surface area contributed by atoms with Gasteiger partial charge in [0.15, 0.2) is 0 Å². The normalized spacial score (nSPS) is 10.3. The summed E-state index contributed by atoms with van der Waals surface area (Å²) in [5, 5.41) is 7.03. The van der Waals surface area contributed by atoms with Crippen molar-refractivity contribution in [3.63, 3.8) is 0 Å². The van der Waals surface area contributed by atoms with Crippen LogP contribution < -0.4 is 20.3 Å². The van der Waals surface area contributed by atoms with E-state index in [1.807, 2.05) is 24.3 Å². The van der Waals surface area contributed by atoms with E-state index in [1.54, 1.807) is 37.4 Å². The van der Waals surface area contributed by atoms with Crippen molar-refractivity contribution in [2.75, 3.05) is 19.5 Å². The molecule has 138 valence electrons. The quantitative estimate of drug-likeness (QED) is 0.726. The smallest absolute Gasteiger partial charge is 0.267 e. The number of nitrogens with zero attached hydrogens (tertiary/aromatic N) is 2. The standard InChI is InChI=1S/C20H19N3O4/c1-26-15-7-5-6-14(12-15)16-10-11-20(25)23(22-16)13-19(24)21-17-8-3-4-9-18(17)27-2/h3-12H,13H2,1-2H3,(H,21,24). The zero-order valence-electron chi connectivity index (χ0n) is 15.0. The second kappa shape index (κ2) is 8.18. The van der Waals surface area contributed by atoms with Crippen molar-refractivity contribution in [1.82, 2.24) is 9.78 Å². The lowest BCUT2D eigenvalue weighted by molar-refractivity contribution is -0.117. The highest BCUT2D eigenvalue weighted by molar-refractivity contribution is 5.92. The maximum Gasteiger partial charge on any atom is 0.267 e. The molecule has 0 saturated carbocycles. The molecule has 27 heavy (non-hydrogen) atoms. The number of hydrogen-bond acceptors (Lipinski definition) is 5. The first-order valence-electron chi connectivity index (χ1n) is 8.26. The first kappa shape index (κ1) is 18.2. The summed E-state index contributed by atoms with van der Waals surface area (Å²) in [7, 11) is 3.10. The van der Waals surface area contributed by atoms with Crippen LogP contribution in [0.3, 0.4) is 0 Å². The molecule has 0 aliphatic heterocycles. The third-order valence-corrected chi connectivity index (χ3v) is 3.91. The highest BCUT2D eigenvalue weighted by atomic mass is 16.5. The van der Waals surface area contributed by atoms with Crippen LogP contribution in [0.4, 0.5) is 5.69 Å². The van der Waals surface area contributed by atoms with E-state index in [0.717, 1.165) is 10.2 Å². The fourth-order valence-electron chi connectivity index (χ4n) is 2.57. The van der Waals surface area contributed by atoms with E-state index in [4.69, 9.17) is 9.47 Å². The Bertz CT molecular complexity index is 1010. The van der Waals surface area contributed by atoms with Gasteiger partial charge in [0.05, 0.1) is 25.6 Å². The van der Waals surface area contributed by atoms with Gasteiger partial charge < -0.3 is 14.8 Å². The van der Waals surface area contributed by atoms with Gasteiger partial charge in [-0.25, -0.2) is 4.68 Å². The second-order valence-electron chi connectivity index (χ2n) is 5.69. The van der Waals surface area contributed by atoms with Crippen molar-refractivity contribution in [3.8, 4) is 22.8 Å². The number of para-hydroxylation sites is 2. The molecule has 0 aliphatic carbocycles. The zero-order chi connectivity index (χ0) is 19.2. The van der Waals surface area contributed by atoms with Crippen LogP contribution in [0.15, 0.2) is 65.5 Å². The summed E-state index contributed by atoms with van der Waals surface area (Å²) in [5.74, 6) is 0.842. The molecule has 3 rings (SSSR count). The third-order valence-electron chi connectivity index (χ3n) is 3.91. The minimum Gasteiger partial charge on any atom is -0.497 e. The zero-order valence-corrected chi connectivity index (χ0v) is 15.0. The molecule has 0 aliphatic rings. The lowest BCUT2D eigenvalue weighted by Crippen LogP contribution is -2.29. The van der Waals surface area contributed by atoms with Gasteiger partial charge in [0.2, 0.25) is 5.91 Å². The minimum absolute atomic E-state index is 0.214. The number of carbonyl (C=O) groups is 1. The lowest BCUT2D eigenvalue weighted by Gasteiger charge is -2.11. The summed E-state index contributed by atoms with van der Waals surface area (Å²) in [6.07, 6.45) is 0. The summed E-state index contributed by atoms with van der Waals surface area (Å²) in [6.45, 7) is -0.214. The number of anilines is 1. The number of ether oxygens (including phenoxy) is 2. The molecule has 2 aromatic carbocycles. The van der Waals surface area contributed by atoms with Crippen molar-refractivity contribution < 1.29 is 14.3 Å². The molecule has 0 fully saturated rings. The molecule has 1 heterocycles. The topological polar surface area (TPSA) is 82.5 Å². The van der Waals surface area contributed by atoms with Crippen LogP contribution in [0.1, 0.15) is 0 Å². The van der Waals surface area contributed by atoms with Gasteiger partial charge in [0, 0.05) is 11.6 Å². The highest BCUT2D eigenvalue weighted by Crippen LogP contribution is 2.23. The molecular weight excluding hydrogens is 346 g/mol. The molecule has 0 atom stereocenters. The van der Waals surface area contributed by atoms with Gasteiger partial charge in [-0.1, -0.05) is 24.3 Å². The Hall–Kier alpha value is -3.61. The van der Waals surface area contributed by atoms with Crippen LogP contribution in [-0.4, -0.2) is 29.9 Å². The predicted octanol–water partition coefficient (Wildman–Crippen LogP) is 2.57. The SMILES string of the molecule is COc1cccc(-c2ccc(=O)n(CC(=O)Nc3ccccc3OC)n2)c1. The van der Waals surface area contributed by atoms with Gasteiger partial charge in [-0.3, -0.25) is 9.59 Å². The molecule has 0 spiro atoms. The lowest BCUT2D eigenvalue weighted by atomic mass is 10.1. The van der Waals surface area contributed by atoms with E-state index < -0.39 is 0 Å². The van der Waals surface area contributed by atoms with Gasteiger partial charge in [-0.2, -0.15) is 5.10 Å². The molecular formula is C20H19N3O4. The van der Waals surface area contributed by atoms with Gasteiger partial charge in [0.25, 0.3) is 5.56 Å². The van der Waals surface area contributed by atoms with Crippen LogP contribution in [0, 0.1) is 0 Å². The van der Waals surface area contributed by atoms with Crippen molar-refractivity contribution in [2.45, 2.75) is 6.54 Å². The predicted molar refractivity (Wildman–Crippen MR) is 102 cm³/mol. The number of amides is 1. The van der Waals surface area contributed by atoms with E-state index in [0.29, 0.717) is 22.9 Å². The Kier molecular flexibility index (Phi) is 5.51. The van der Waals surface area contributed by atoms with Crippen LogP contribution in [0.5, 0.6) is 11.5 Å². The summed E-state index contributed by atoms with van der Waals surface area (Å²) >= 11 is 0. The summed E-state index contributed by atoms with van der Waals surface area (Å²) in [4.78, 5) is 24.5. The van der Waals surface area contributed by atoms with Crippen molar-refractivity contribution in [1.29, 1.82) is 0 Å². The number of hydrogen-bond donors (Lipinski definition) is 1. The Balaban J connectivity index is 1.82. The van der Waals surface area contributed by atoms with Crippen molar-refractivity contribution in [2.24, 2.45) is 0 Å². The van der Waals surface area contributed by atoms with Gasteiger partial charge >= 0.3 is 0 Å². The number of benzene rings is 2. The van der Waals surface area contributed by atoms with E-state index in [1.165, 1.54) is 13.2 Å². The molecule has 0 unspecified atom stereocenters. The maximum atomic E-state index is 12.4. The second-order valence-corrected chi connectivity index (χ2v) is 5.69. The van der Waals surface area contributed by atoms with Gasteiger partial charge in [0.1, 0.15) is 18.0 Å². The van der Waals surface area contributed by atoms with E-state index in [2.05, 4.69) is 10.4 Å². The summed E-state index contributed by atoms with van der Waals surface area (Å²) < 4.78 is 11.5. The Morgan fingerprint density at radius 1 is 1.04 bits per heavy atom. The van der Waals surface area contributed by atoms with Gasteiger partial charge in [-0.15, -0.1) is 0 Å². The number of rotatable bonds is 6. The molecule has 0 saturated heterocycles. The Morgan fingerprint density at radius 2 is 1.85 bits per heavy atom. The molecule has 1 aromatic heterocycles. The summed E-state index contributed by atoms with van der Waals surface area (Å²) in [6, 6.07) is 17.4. The maximum absolute atomic E-state index is 12.4. The Labute approximate surface area is 156 Å². The van der Waals surface area contributed by atoms with E-state index in [9.17, 15) is 9.59 Å². The minimum atomic E-state index is -0.378. The van der Waals surface area contributed by atoms with E-state index >= 15 is 0 Å². The van der Waals surface area contributed by atoms with Crippen LogP contribution in [-0.2, 0) is 11.3 Å². The third kappa shape index (κ3) is 4.33. The number of carbonyl (C=O) groups excluding carboxylic acids is 1. The van der Waals surface area contributed by atoms with Crippen LogP contribution >= 0.6 is 0 Å². The average Bonchev–Trinajstić information content (AvgIpc) is 2.70. The monoisotopic (exact) mass is 365 g/mol.